The molecule has 1 aromatic heterocycles. The highest BCUT2D eigenvalue weighted by Gasteiger charge is 2.18. The zero-order valence-corrected chi connectivity index (χ0v) is 24.7. The van der Waals surface area contributed by atoms with Crippen molar-refractivity contribution in [1.82, 2.24) is 9.88 Å². The lowest BCUT2D eigenvalue weighted by Gasteiger charge is -2.20. The Morgan fingerprint density at radius 3 is 2.80 bits per heavy atom. The van der Waals surface area contributed by atoms with Crippen LogP contribution in [0.25, 0.3) is 10.9 Å². The van der Waals surface area contributed by atoms with Gasteiger partial charge < -0.3 is 14.6 Å². The third-order valence-electron chi connectivity index (χ3n) is 7.38. The summed E-state index contributed by atoms with van der Waals surface area (Å²) in [6.07, 6.45) is 26.4. The Balaban J connectivity index is 0.00000183. The second kappa shape index (κ2) is 17.6. The fraction of sp³-hybridized carbons (Fsp3) is 0.472. The van der Waals surface area contributed by atoms with E-state index in [1.807, 2.05) is 26.0 Å². The average Bonchev–Trinajstić information content (AvgIpc) is 3.25. The van der Waals surface area contributed by atoms with Gasteiger partial charge in [-0.2, -0.15) is 0 Å². The summed E-state index contributed by atoms with van der Waals surface area (Å²) in [5, 5.41) is 4.78. The molecular formula is C36H52N2O2. The Bertz CT molecular complexity index is 1220. The van der Waals surface area contributed by atoms with Crippen LogP contribution in [0.15, 0.2) is 84.2 Å². The van der Waals surface area contributed by atoms with E-state index in [2.05, 4.69) is 84.6 Å². The molecule has 0 radical (unpaired) electrons. The molecular weight excluding hydrogens is 492 g/mol. The Morgan fingerprint density at radius 2 is 2.00 bits per heavy atom. The normalized spacial score (nSPS) is 20.3. The number of methoxy groups -OCH3 is 1. The maximum atomic E-state index is 13.4. The van der Waals surface area contributed by atoms with Gasteiger partial charge >= 0.3 is 0 Å². The molecule has 40 heavy (non-hydrogen) atoms. The first-order valence-corrected chi connectivity index (χ1v) is 14.8. The largest absolute Gasteiger partial charge is 0.495 e. The van der Waals surface area contributed by atoms with Crippen LogP contribution in [0.1, 0.15) is 90.4 Å². The molecule has 2 aliphatic rings. The van der Waals surface area contributed by atoms with Crippen LogP contribution in [0.4, 0.5) is 0 Å². The van der Waals surface area contributed by atoms with Gasteiger partial charge in [-0.25, -0.2) is 0 Å². The minimum atomic E-state index is 0. The number of ketones is 1. The molecule has 0 saturated heterocycles. The first-order valence-electron chi connectivity index (χ1n) is 14.8. The number of fused-ring (bicyclic) bond motifs is 1. The summed E-state index contributed by atoms with van der Waals surface area (Å²) < 4.78 is 7.93. The van der Waals surface area contributed by atoms with Gasteiger partial charge in [-0.15, -0.1) is 0 Å². The number of hydrogen-bond acceptors (Lipinski definition) is 3. The molecule has 0 saturated carbocycles. The zero-order chi connectivity index (χ0) is 28.0. The highest BCUT2D eigenvalue weighted by molar-refractivity contribution is 6.09. The van der Waals surface area contributed by atoms with Gasteiger partial charge in [-0.05, 0) is 69.6 Å². The Hall–Kier alpha value is -3.11. The second-order valence-electron chi connectivity index (χ2n) is 10.4. The zero-order valence-electron chi connectivity index (χ0n) is 24.7. The maximum absolute atomic E-state index is 13.4. The second-order valence-corrected chi connectivity index (χ2v) is 10.4. The van der Waals surface area contributed by atoms with Gasteiger partial charge in [0, 0.05) is 36.2 Å². The van der Waals surface area contributed by atoms with Crippen molar-refractivity contribution in [1.29, 1.82) is 0 Å². The number of nitrogens with one attached hydrogen (secondary N) is 1. The predicted octanol–water partition coefficient (Wildman–Crippen LogP) is 9.39. The number of ether oxygens (including phenoxy) is 1. The van der Waals surface area contributed by atoms with E-state index < -0.39 is 0 Å². The molecule has 2 aromatic rings. The molecule has 1 N–H and O–H groups in total. The molecule has 4 rings (SSSR count). The van der Waals surface area contributed by atoms with Gasteiger partial charge in [0.25, 0.3) is 0 Å². The van der Waals surface area contributed by atoms with E-state index >= 15 is 0 Å². The van der Waals surface area contributed by atoms with E-state index in [9.17, 15) is 4.79 Å². The minimum absolute atomic E-state index is 0. The summed E-state index contributed by atoms with van der Waals surface area (Å²) in [4.78, 5) is 13.4. The number of Topliss-reactive ketones (excluding diaryl/α,β-unsaturated/α-hetero) is 1. The smallest absolute Gasteiger partial charge is 0.165 e. The fourth-order valence-corrected chi connectivity index (χ4v) is 5.42. The number of aromatic nitrogens is 1. The monoisotopic (exact) mass is 544 g/mol. The van der Waals surface area contributed by atoms with Crippen molar-refractivity contribution in [2.45, 2.75) is 92.7 Å². The summed E-state index contributed by atoms with van der Waals surface area (Å²) in [5.74, 6) is 1.59. The number of para-hydroxylation sites is 1. The Labute approximate surface area is 243 Å². The van der Waals surface area contributed by atoms with Crippen LogP contribution in [0.2, 0.25) is 0 Å². The number of allylic oxidation sites excluding steroid dienone is 10. The molecule has 0 spiro atoms. The first kappa shape index (κ1) is 33.1. The third-order valence-corrected chi connectivity index (χ3v) is 7.38. The Morgan fingerprint density at radius 1 is 1.18 bits per heavy atom. The van der Waals surface area contributed by atoms with Crippen LogP contribution >= 0.6 is 0 Å². The molecule has 1 aromatic carbocycles. The summed E-state index contributed by atoms with van der Waals surface area (Å²) >= 11 is 0. The molecule has 218 valence electrons. The summed E-state index contributed by atoms with van der Waals surface area (Å²) in [6, 6.07) is 6.55. The van der Waals surface area contributed by atoms with E-state index in [1.54, 1.807) is 7.11 Å². The maximum Gasteiger partial charge on any atom is 0.165 e. The summed E-state index contributed by atoms with van der Waals surface area (Å²) in [5.41, 5.74) is 4.31. The number of carbonyl (C=O) groups is 1. The molecule has 0 fully saturated rings. The van der Waals surface area contributed by atoms with Crippen LogP contribution in [-0.2, 0) is 6.54 Å². The van der Waals surface area contributed by atoms with Gasteiger partial charge in [0.05, 0.1) is 12.6 Å². The molecule has 4 nitrogen and oxygen atoms in total. The molecule has 0 bridgehead atoms. The number of aryl methyl sites for hydroxylation is 1. The first-order chi connectivity index (χ1) is 19.0. The van der Waals surface area contributed by atoms with Gasteiger partial charge in [0.2, 0.25) is 0 Å². The van der Waals surface area contributed by atoms with E-state index in [0.717, 1.165) is 67.4 Å². The third kappa shape index (κ3) is 9.52. The lowest BCUT2D eigenvalue weighted by molar-refractivity contribution is 0.0984. The Kier molecular flexibility index (Phi) is 14.5. The van der Waals surface area contributed by atoms with Crippen LogP contribution in [0.3, 0.4) is 0 Å². The fourth-order valence-electron chi connectivity index (χ4n) is 5.42. The molecule has 1 heterocycles. The highest BCUT2D eigenvalue weighted by Crippen LogP contribution is 2.31. The van der Waals surface area contributed by atoms with E-state index in [-0.39, 0.29) is 13.2 Å². The van der Waals surface area contributed by atoms with Crippen LogP contribution in [-0.4, -0.2) is 30.0 Å². The standard InChI is InChI=1S/C33H42N2O2.C2H6.CH4/c1-25-13-8-9-14-27(22-25)18-19-31(36)30-24-35(33-29(30)16-10-17-32(33)37-3)21-11-20-34-28-15-7-5-4-6-12-26(2)23-28;1-2;/h4-6,9-10,12-14,16-17,22,24,26,28,34H,7-8,11,15,18-21,23H2,1-3H3;1-2H3;1H4/b5-4-,12-6-;;. The van der Waals surface area contributed by atoms with Crippen molar-refractivity contribution < 1.29 is 9.53 Å². The number of nitrogens with zero attached hydrogens (tertiary/aromatic N) is 1. The lowest BCUT2D eigenvalue weighted by Crippen LogP contribution is -2.31. The van der Waals surface area contributed by atoms with Crippen molar-refractivity contribution in [3.8, 4) is 5.75 Å². The number of benzene rings is 1. The van der Waals surface area contributed by atoms with E-state index in [4.69, 9.17) is 4.74 Å². The predicted molar refractivity (Wildman–Crippen MR) is 173 cm³/mol. The van der Waals surface area contributed by atoms with Gasteiger partial charge in [-0.3, -0.25) is 4.79 Å². The molecule has 0 aliphatic heterocycles. The van der Waals surface area contributed by atoms with Crippen molar-refractivity contribution in [3.05, 3.63) is 89.7 Å². The average molecular weight is 545 g/mol. The van der Waals surface area contributed by atoms with Crippen molar-refractivity contribution in [2.75, 3.05) is 13.7 Å². The van der Waals surface area contributed by atoms with Crippen molar-refractivity contribution >= 4 is 16.7 Å². The summed E-state index contributed by atoms with van der Waals surface area (Å²) in [6.45, 7) is 10.2. The van der Waals surface area contributed by atoms with E-state index in [0.29, 0.717) is 18.4 Å². The number of hydrogen-bond donors (Lipinski definition) is 1. The number of carbonyl (C=O) groups excluding carboxylic acids is 1. The van der Waals surface area contributed by atoms with Crippen LogP contribution in [0, 0.1) is 5.92 Å². The SMILES string of the molecule is C.CC.COc1cccc2c(C(=O)CCC3=CC(C)=CCC=C3)cn(CCCNC3CC/C=C\C=C/C(C)C3)c12. The van der Waals surface area contributed by atoms with Gasteiger partial charge in [0.1, 0.15) is 5.75 Å². The van der Waals surface area contributed by atoms with E-state index in [1.165, 1.54) is 17.6 Å². The van der Waals surface area contributed by atoms with Gasteiger partial charge in [0.15, 0.2) is 5.78 Å². The topological polar surface area (TPSA) is 43.3 Å². The number of rotatable bonds is 10. The molecule has 2 aliphatic carbocycles. The molecule has 4 heteroatoms. The van der Waals surface area contributed by atoms with Crippen LogP contribution in [0.5, 0.6) is 5.75 Å². The van der Waals surface area contributed by atoms with Crippen molar-refractivity contribution in [2.24, 2.45) is 5.92 Å². The van der Waals surface area contributed by atoms with Gasteiger partial charge in [-0.1, -0.05) is 94.5 Å². The minimum Gasteiger partial charge on any atom is -0.495 e. The highest BCUT2D eigenvalue weighted by atomic mass is 16.5. The van der Waals surface area contributed by atoms with Crippen LogP contribution < -0.4 is 10.1 Å². The van der Waals surface area contributed by atoms with Crippen molar-refractivity contribution in [3.63, 3.8) is 0 Å². The molecule has 2 atom stereocenters. The lowest BCUT2D eigenvalue weighted by atomic mass is 9.98. The quantitative estimate of drug-likeness (QED) is 0.239. The molecule has 2 unspecified atom stereocenters. The molecule has 0 amide bonds. The summed E-state index contributed by atoms with van der Waals surface area (Å²) in [7, 11) is 1.71.